The van der Waals surface area contributed by atoms with Gasteiger partial charge in [-0.15, -0.1) is 10.2 Å². The molecule has 1 N–H and O–H groups in total. The van der Waals surface area contributed by atoms with E-state index >= 15 is 0 Å². The maximum absolute atomic E-state index is 12.8. The Balaban J connectivity index is 1.69. The molecule has 1 heterocycles. The number of benzene rings is 2. The quantitative estimate of drug-likeness (QED) is 0.584. The predicted octanol–water partition coefficient (Wildman–Crippen LogP) is 4.98. The third-order valence-corrected chi connectivity index (χ3v) is 4.83. The van der Waals surface area contributed by atoms with Crippen LogP contribution in [0.3, 0.4) is 0 Å². The summed E-state index contributed by atoms with van der Waals surface area (Å²) in [6, 6.07) is 11.6. The van der Waals surface area contributed by atoms with E-state index in [9.17, 15) is 18.0 Å². The second-order valence-corrected chi connectivity index (χ2v) is 7.14. The lowest BCUT2D eigenvalue weighted by atomic mass is 10.2. The maximum atomic E-state index is 12.8. The summed E-state index contributed by atoms with van der Waals surface area (Å²) in [4.78, 5) is 12.2. The lowest BCUT2D eigenvalue weighted by molar-refractivity contribution is -0.137. The molecular formula is C18H14ClF3N4OS. The molecule has 0 atom stereocenters. The number of nitrogens with one attached hydrogen (secondary N) is 1. The van der Waals surface area contributed by atoms with Crippen molar-refractivity contribution in [2.45, 2.75) is 18.3 Å². The van der Waals surface area contributed by atoms with Gasteiger partial charge in [0.05, 0.1) is 17.0 Å². The second kappa shape index (κ2) is 8.24. The molecule has 146 valence electrons. The first kappa shape index (κ1) is 20.2. The van der Waals surface area contributed by atoms with Crippen molar-refractivity contribution < 1.29 is 18.0 Å². The fraction of sp³-hybridized carbons (Fsp3) is 0.167. The van der Waals surface area contributed by atoms with Crippen LogP contribution >= 0.6 is 23.4 Å². The molecule has 0 spiro atoms. The highest BCUT2D eigenvalue weighted by Crippen LogP contribution is 2.31. The number of thioether (sulfide) groups is 1. The lowest BCUT2D eigenvalue weighted by Crippen LogP contribution is -2.15. The molecule has 0 saturated carbocycles. The summed E-state index contributed by atoms with van der Waals surface area (Å²) >= 11 is 7.14. The number of anilines is 1. The van der Waals surface area contributed by atoms with Crippen LogP contribution in [0.1, 0.15) is 11.4 Å². The smallest absolute Gasteiger partial charge is 0.325 e. The zero-order valence-electron chi connectivity index (χ0n) is 14.5. The summed E-state index contributed by atoms with van der Waals surface area (Å²) in [5.74, 6) is 0.111. The summed E-state index contributed by atoms with van der Waals surface area (Å²) < 4.78 is 40.0. The van der Waals surface area contributed by atoms with Gasteiger partial charge in [-0.1, -0.05) is 35.5 Å². The van der Waals surface area contributed by atoms with E-state index in [4.69, 9.17) is 11.6 Å². The van der Waals surface area contributed by atoms with E-state index < -0.39 is 17.6 Å². The SMILES string of the molecule is Cc1nnc(SCC(=O)Nc2cccc(C(F)(F)F)c2)n1-c1cccc(Cl)c1. The monoisotopic (exact) mass is 426 g/mol. The van der Waals surface area contributed by atoms with Crippen molar-refractivity contribution in [3.05, 3.63) is 64.9 Å². The predicted molar refractivity (Wildman–Crippen MR) is 102 cm³/mol. The molecule has 0 radical (unpaired) electrons. The Bertz CT molecular complexity index is 1010. The van der Waals surface area contributed by atoms with Crippen LogP contribution in [-0.2, 0) is 11.0 Å². The molecule has 1 aromatic heterocycles. The van der Waals surface area contributed by atoms with E-state index in [1.807, 2.05) is 6.07 Å². The van der Waals surface area contributed by atoms with Crippen molar-refractivity contribution in [1.82, 2.24) is 14.8 Å². The molecule has 0 aliphatic carbocycles. The molecule has 28 heavy (non-hydrogen) atoms. The first-order valence-corrected chi connectivity index (χ1v) is 9.38. The highest BCUT2D eigenvalue weighted by atomic mass is 35.5. The summed E-state index contributed by atoms with van der Waals surface area (Å²) in [5, 5.41) is 11.5. The van der Waals surface area contributed by atoms with Crippen LogP contribution in [0.15, 0.2) is 53.7 Å². The number of amides is 1. The van der Waals surface area contributed by atoms with Gasteiger partial charge in [-0.3, -0.25) is 9.36 Å². The molecule has 5 nitrogen and oxygen atoms in total. The number of aromatic nitrogens is 3. The second-order valence-electron chi connectivity index (χ2n) is 5.76. The summed E-state index contributed by atoms with van der Waals surface area (Å²) in [6.45, 7) is 1.76. The number of carbonyl (C=O) groups excluding carboxylic acids is 1. The van der Waals surface area contributed by atoms with E-state index in [1.165, 1.54) is 12.1 Å². The van der Waals surface area contributed by atoms with Crippen molar-refractivity contribution in [2.24, 2.45) is 0 Å². The van der Waals surface area contributed by atoms with E-state index in [0.29, 0.717) is 16.0 Å². The van der Waals surface area contributed by atoms with Crippen molar-refractivity contribution in [1.29, 1.82) is 0 Å². The average Bonchev–Trinajstić information content (AvgIpc) is 3.00. The minimum Gasteiger partial charge on any atom is -0.325 e. The largest absolute Gasteiger partial charge is 0.416 e. The maximum Gasteiger partial charge on any atom is 0.416 e. The van der Waals surface area contributed by atoms with Gasteiger partial charge >= 0.3 is 6.18 Å². The van der Waals surface area contributed by atoms with Crippen molar-refractivity contribution >= 4 is 35.0 Å². The molecule has 0 aliphatic rings. The van der Waals surface area contributed by atoms with Gasteiger partial charge in [-0.05, 0) is 43.3 Å². The van der Waals surface area contributed by atoms with E-state index in [2.05, 4.69) is 15.5 Å². The van der Waals surface area contributed by atoms with E-state index in [0.717, 1.165) is 29.6 Å². The number of hydrogen-bond acceptors (Lipinski definition) is 4. The van der Waals surface area contributed by atoms with E-state index in [1.54, 1.807) is 29.7 Å². The van der Waals surface area contributed by atoms with Gasteiger partial charge in [0.25, 0.3) is 0 Å². The standard InChI is InChI=1S/C18H14ClF3N4OS/c1-11-24-25-17(26(11)15-7-3-5-13(19)9-15)28-10-16(27)23-14-6-2-4-12(8-14)18(20,21)22/h2-9H,10H2,1H3,(H,23,27). The molecule has 1 amide bonds. The number of alkyl halides is 3. The number of carbonyl (C=O) groups is 1. The van der Waals surface area contributed by atoms with Crippen LogP contribution < -0.4 is 5.32 Å². The van der Waals surface area contributed by atoms with Crippen LogP contribution in [-0.4, -0.2) is 26.4 Å². The zero-order chi connectivity index (χ0) is 20.3. The highest BCUT2D eigenvalue weighted by molar-refractivity contribution is 7.99. The van der Waals surface area contributed by atoms with Gasteiger partial charge < -0.3 is 5.32 Å². The van der Waals surface area contributed by atoms with Crippen LogP contribution in [0, 0.1) is 6.92 Å². The van der Waals surface area contributed by atoms with Gasteiger partial charge in [-0.25, -0.2) is 0 Å². The first-order chi connectivity index (χ1) is 13.2. The average molecular weight is 427 g/mol. The van der Waals surface area contributed by atoms with Crippen LogP contribution in [0.4, 0.5) is 18.9 Å². The molecule has 0 unspecified atom stereocenters. The molecular weight excluding hydrogens is 413 g/mol. The topological polar surface area (TPSA) is 59.8 Å². The van der Waals surface area contributed by atoms with Crippen LogP contribution in [0.5, 0.6) is 0 Å². The number of hydrogen-bond donors (Lipinski definition) is 1. The van der Waals surface area contributed by atoms with Crippen LogP contribution in [0.25, 0.3) is 5.69 Å². The molecule has 0 aliphatic heterocycles. The highest BCUT2D eigenvalue weighted by Gasteiger charge is 2.30. The Morgan fingerprint density at radius 3 is 2.64 bits per heavy atom. The Hall–Kier alpha value is -2.52. The molecule has 3 rings (SSSR count). The van der Waals surface area contributed by atoms with Gasteiger partial charge in [0, 0.05) is 10.7 Å². The molecule has 0 fully saturated rings. The Kier molecular flexibility index (Phi) is 5.95. The Morgan fingerprint density at radius 1 is 1.18 bits per heavy atom. The Labute approximate surface area is 167 Å². The minimum atomic E-state index is -4.47. The third-order valence-electron chi connectivity index (χ3n) is 3.67. The molecule has 2 aromatic carbocycles. The summed E-state index contributed by atoms with van der Waals surface area (Å²) in [6.07, 6.45) is -4.47. The summed E-state index contributed by atoms with van der Waals surface area (Å²) in [7, 11) is 0. The molecule has 3 aromatic rings. The Morgan fingerprint density at radius 2 is 1.93 bits per heavy atom. The fourth-order valence-corrected chi connectivity index (χ4v) is 3.43. The minimum absolute atomic E-state index is 0.0467. The van der Waals surface area contributed by atoms with Gasteiger partial charge in [0.2, 0.25) is 5.91 Å². The molecule has 0 bridgehead atoms. The van der Waals surface area contributed by atoms with Crippen LogP contribution in [0.2, 0.25) is 5.02 Å². The number of rotatable bonds is 5. The first-order valence-electron chi connectivity index (χ1n) is 8.02. The zero-order valence-corrected chi connectivity index (χ0v) is 16.1. The molecule has 0 saturated heterocycles. The number of halogens is 4. The summed E-state index contributed by atoms with van der Waals surface area (Å²) in [5.41, 5.74) is -0.00187. The fourth-order valence-electron chi connectivity index (χ4n) is 2.45. The van der Waals surface area contributed by atoms with Crippen molar-refractivity contribution in [2.75, 3.05) is 11.1 Å². The normalized spacial score (nSPS) is 11.5. The number of aryl methyl sites for hydroxylation is 1. The third kappa shape index (κ3) is 4.85. The van der Waals surface area contributed by atoms with Crippen molar-refractivity contribution in [3.63, 3.8) is 0 Å². The van der Waals surface area contributed by atoms with E-state index in [-0.39, 0.29) is 11.4 Å². The number of nitrogens with zero attached hydrogens (tertiary/aromatic N) is 3. The molecule has 10 heteroatoms. The van der Waals surface area contributed by atoms with Gasteiger partial charge in [0.15, 0.2) is 5.16 Å². The lowest BCUT2D eigenvalue weighted by Gasteiger charge is -2.10. The van der Waals surface area contributed by atoms with Gasteiger partial charge in [-0.2, -0.15) is 13.2 Å². The van der Waals surface area contributed by atoms with Crippen molar-refractivity contribution in [3.8, 4) is 5.69 Å². The van der Waals surface area contributed by atoms with Gasteiger partial charge in [0.1, 0.15) is 5.82 Å².